The summed E-state index contributed by atoms with van der Waals surface area (Å²) >= 11 is 0. The average molecular weight is 173 g/mol. The van der Waals surface area contributed by atoms with Gasteiger partial charge in [0.15, 0.2) is 0 Å². The Balaban J connectivity index is 2.41. The number of nitrogens with two attached hydrogens (primary N) is 1. The second-order valence-corrected chi connectivity index (χ2v) is 3.27. The van der Waals surface area contributed by atoms with E-state index in [0.717, 1.165) is 19.4 Å². The van der Waals surface area contributed by atoms with E-state index >= 15 is 0 Å². The van der Waals surface area contributed by atoms with Crippen LogP contribution in [0.25, 0.3) is 0 Å². The summed E-state index contributed by atoms with van der Waals surface area (Å²) in [4.78, 5) is 10.9. The van der Waals surface area contributed by atoms with E-state index in [-0.39, 0.29) is 12.4 Å². The quantitative estimate of drug-likeness (QED) is 0.600. The number of hydrogen-bond acceptors (Lipinski definition) is 4. The van der Waals surface area contributed by atoms with Crippen LogP contribution in [0.3, 0.4) is 0 Å². The minimum absolute atomic E-state index is 0.253. The first kappa shape index (κ1) is 9.48. The lowest BCUT2D eigenvalue weighted by Gasteiger charge is -2.31. The van der Waals surface area contributed by atoms with Crippen molar-refractivity contribution in [3.8, 4) is 0 Å². The van der Waals surface area contributed by atoms with Crippen LogP contribution in [0.2, 0.25) is 0 Å². The number of methoxy groups -OCH3 is 1. The minimum atomic E-state index is -0.495. The van der Waals surface area contributed by atoms with E-state index in [4.69, 9.17) is 10.5 Å². The molecular formula is C8H15NO3. The number of carbonyl (C=O) groups is 1. The molecule has 1 aliphatic heterocycles. The van der Waals surface area contributed by atoms with E-state index in [2.05, 4.69) is 4.74 Å². The molecule has 0 aromatic heterocycles. The topological polar surface area (TPSA) is 61.5 Å². The van der Waals surface area contributed by atoms with E-state index in [1.165, 1.54) is 7.11 Å². The molecule has 0 amide bonds. The normalized spacial score (nSPS) is 29.8. The second-order valence-electron chi connectivity index (χ2n) is 3.27. The Labute approximate surface area is 72.0 Å². The molecule has 4 nitrogen and oxygen atoms in total. The molecule has 0 aromatic carbocycles. The van der Waals surface area contributed by atoms with Gasteiger partial charge < -0.3 is 15.2 Å². The predicted molar refractivity (Wildman–Crippen MR) is 43.6 cm³/mol. The lowest BCUT2D eigenvalue weighted by atomic mass is 9.90. The molecule has 0 bridgehead atoms. The first-order valence-corrected chi connectivity index (χ1v) is 4.10. The highest BCUT2D eigenvalue weighted by atomic mass is 16.5. The van der Waals surface area contributed by atoms with E-state index < -0.39 is 5.54 Å². The maximum atomic E-state index is 10.9. The Morgan fingerprint density at radius 2 is 2.50 bits per heavy atom. The van der Waals surface area contributed by atoms with E-state index in [0.29, 0.717) is 6.61 Å². The van der Waals surface area contributed by atoms with Gasteiger partial charge in [-0.1, -0.05) is 0 Å². The number of hydrogen-bond donors (Lipinski definition) is 1. The molecule has 1 unspecified atom stereocenters. The van der Waals surface area contributed by atoms with E-state index in [1.807, 2.05) is 0 Å². The summed E-state index contributed by atoms with van der Waals surface area (Å²) in [6.45, 7) is 1.21. The van der Waals surface area contributed by atoms with Gasteiger partial charge in [-0.25, -0.2) is 0 Å². The van der Waals surface area contributed by atoms with Crippen molar-refractivity contribution in [1.29, 1.82) is 0 Å². The summed E-state index contributed by atoms with van der Waals surface area (Å²) in [7, 11) is 1.37. The molecule has 12 heavy (non-hydrogen) atoms. The van der Waals surface area contributed by atoms with Crippen LogP contribution in [0.5, 0.6) is 0 Å². The first-order valence-electron chi connectivity index (χ1n) is 4.10. The standard InChI is InChI=1S/C8H15NO3/c1-11-7(10)5-8(9)3-2-4-12-6-8/h2-6,9H2,1H3. The highest BCUT2D eigenvalue weighted by Gasteiger charge is 2.31. The van der Waals surface area contributed by atoms with Gasteiger partial charge in [-0.3, -0.25) is 4.79 Å². The van der Waals surface area contributed by atoms with Gasteiger partial charge in [0, 0.05) is 12.1 Å². The Bertz CT molecular complexity index is 164. The Morgan fingerprint density at radius 3 is 3.00 bits per heavy atom. The van der Waals surface area contributed by atoms with Crippen LogP contribution in [-0.2, 0) is 14.3 Å². The van der Waals surface area contributed by atoms with Crippen molar-refractivity contribution in [2.24, 2.45) is 5.73 Å². The molecule has 1 saturated heterocycles. The van der Waals surface area contributed by atoms with Crippen LogP contribution in [0.4, 0.5) is 0 Å². The average Bonchev–Trinajstić information content (AvgIpc) is 2.05. The van der Waals surface area contributed by atoms with Gasteiger partial charge in [0.1, 0.15) is 0 Å². The van der Waals surface area contributed by atoms with Crippen molar-refractivity contribution in [2.45, 2.75) is 24.8 Å². The predicted octanol–water partition coefficient (Wildman–Crippen LogP) is 0.0574. The van der Waals surface area contributed by atoms with Gasteiger partial charge in [0.25, 0.3) is 0 Å². The molecule has 70 valence electrons. The molecule has 1 fully saturated rings. The fraction of sp³-hybridized carbons (Fsp3) is 0.875. The lowest BCUT2D eigenvalue weighted by molar-refractivity contribution is -0.143. The van der Waals surface area contributed by atoms with Crippen molar-refractivity contribution in [1.82, 2.24) is 0 Å². The van der Waals surface area contributed by atoms with Crippen LogP contribution in [0.1, 0.15) is 19.3 Å². The Kier molecular flexibility index (Phi) is 3.05. The van der Waals surface area contributed by atoms with Crippen LogP contribution >= 0.6 is 0 Å². The maximum Gasteiger partial charge on any atom is 0.307 e. The summed E-state index contributed by atoms with van der Waals surface area (Å²) in [6, 6.07) is 0. The summed E-state index contributed by atoms with van der Waals surface area (Å²) in [6.07, 6.45) is 2.01. The third kappa shape index (κ3) is 2.46. The summed E-state index contributed by atoms with van der Waals surface area (Å²) in [5.74, 6) is -0.261. The van der Waals surface area contributed by atoms with E-state index in [1.54, 1.807) is 0 Å². The fourth-order valence-electron chi connectivity index (χ4n) is 1.37. The van der Waals surface area contributed by atoms with Crippen molar-refractivity contribution >= 4 is 5.97 Å². The number of carbonyl (C=O) groups excluding carboxylic acids is 1. The van der Waals surface area contributed by atoms with Crippen molar-refractivity contribution in [3.05, 3.63) is 0 Å². The third-order valence-electron chi connectivity index (χ3n) is 2.08. The number of esters is 1. The molecule has 1 aliphatic rings. The zero-order valence-electron chi connectivity index (χ0n) is 7.34. The summed E-state index contributed by atoms with van der Waals surface area (Å²) < 4.78 is 9.74. The SMILES string of the molecule is COC(=O)CC1(N)CCCOC1. The van der Waals surface area contributed by atoms with Gasteiger partial charge >= 0.3 is 5.97 Å². The molecule has 0 aromatic rings. The van der Waals surface area contributed by atoms with Crippen LogP contribution in [0.15, 0.2) is 0 Å². The molecule has 4 heteroatoms. The highest BCUT2D eigenvalue weighted by Crippen LogP contribution is 2.20. The molecule has 1 rings (SSSR count). The summed E-state index contributed by atoms with van der Waals surface area (Å²) in [5.41, 5.74) is 5.42. The Hall–Kier alpha value is -0.610. The van der Waals surface area contributed by atoms with Gasteiger partial charge in [-0.2, -0.15) is 0 Å². The maximum absolute atomic E-state index is 10.9. The zero-order chi connectivity index (χ0) is 9.03. The van der Waals surface area contributed by atoms with Crippen LogP contribution in [0, 0.1) is 0 Å². The van der Waals surface area contributed by atoms with Gasteiger partial charge in [-0.15, -0.1) is 0 Å². The highest BCUT2D eigenvalue weighted by molar-refractivity contribution is 5.70. The first-order chi connectivity index (χ1) is 5.66. The zero-order valence-corrected chi connectivity index (χ0v) is 7.34. The van der Waals surface area contributed by atoms with Crippen molar-refractivity contribution in [2.75, 3.05) is 20.3 Å². The van der Waals surface area contributed by atoms with Gasteiger partial charge in [-0.05, 0) is 12.8 Å². The fourth-order valence-corrected chi connectivity index (χ4v) is 1.37. The van der Waals surface area contributed by atoms with E-state index in [9.17, 15) is 4.79 Å². The summed E-state index contributed by atoms with van der Waals surface area (Å²) in [5, 5.41) is 0. The van der Waals surface area contributed by atoms with Gasteiger partial charge in [0.05, 0.1) is 20.1 Å². The largest absolute Gasteiger partial charge is 0.469 e. The molecule has 2 N–H and O–H groups in total. The lowest BCUT2D eigenvalue weighted by Crippen LogP contribution is -2.49. The van der Waals surface area contributed by atoms with Crippen LogP contribution in [-0.4, -0.2) is 31.8 Å². The number of ether oxygens (including phenoxy) is 2. The molecular weight excluding hydrogens is 158 g/mol. The van der Waals surface area contributed by atoms with Gasteiger partial charge in [0.2, 0.25) is 0 Å². The monoisotopic (exact) mass is 173 g/mol. The Morgan fingerprint density at radius 1 is 1.75 bits per heavy atom. The van der Waals surface area contributed by atoms with Crippen LogP contribution < -0.4 is 5.73 Å². The van der Waals surface area contributed by atoms with Crippen molar-refractivity contribution < 1.29 is 14.3 Å². The minimum Gasteiger partial charge on any atom is -0.469 e. The second kappa shape index (κ2) is 3.87. The molecule has 1 heterocycles. The smallest absolute Gasteiger partial charge is 0.307 e. The molecule has 1 atom stereocenters. The molecule has 0 saturated carbocycles. The molecule has 0 aliphatic carbocycles. The third-order valence-corrected chi connectivity index (χ3v) is 2.08. The molecule has 0 radical (unpaired) electrons. The van der Waals surface area contributed by atoms with Crippen molar-refractivity contribution in [3.63, 3.8) is 0 Å². The molecule has 0 spiro atoms. The number of rotatable bonds is 2.